The summed E-state index contributed by atoms with van der Waals surface area (Å²) in [6.07, 6.45) is 88.5. The van der Waals surface area contributed by atoms with E-state index in [1.165, 1.54) is 161 Å². The van der Waals surface area contributed by atoms with Crippen LogP contribution >= 0.6 is 0 Å². The van der Waals surface area contributed by atoms with Gasteiger partial charge in [-0.3, -0.25) is 14.4 Å². The maximum Gasteiger partial charge on any atom is 0.306 e. The van der Waals surface area contributed by atoms with Crippen LogP contribution in [0, 0.1) is 0 Å². The minimum atomic E-state index is -0.788. The van der Waals surface area contributed by atoms with Crippen LogP contribution in [0.4, 0.5) is 0 Å². The molecule has 0 N–H and O–H groups in total. The topological polar surface area (TPSA) is 78.9 Å². The third kappa shape index (κ3) is 63.2. The molecule has 0 amide bonds. The third-order valence-corrected chi connectivity index (χ3v) is 14.3. The molecule has 0 bridgehead atoms. The summed E-state index contributed by atoms with van der Waals surface area (Å²) in [5.41, 5.74) is 0. The van der Waals surface area contributed by atoms with Gasteiger partial charge < -0.3 is 14.2 Å². The van der Waals surface area contributed by atoms with Crippen molar-refractivity contribution in [3.05, 3.63) is 97.2 Å². The van der Waals surface area contributed by atoms with Crippen LogP contribution in [-0.2, 0) is 28.6 Å². The molecular weight excluding hydrogens is 961 g/mol. The Morgan fingerprint density at radius 3 is 0.821 bits per heavy atom. The lowest BCUT2D eigenvalue weighted by atomic mass is 10.0. The van der Waals surface area contributed by atoms with E-state index in [1.807, 2.05) is 0 Å². The van der Waals surface area contributed by atoms with Gasteiger partial charge in [-0.15, -0.1) is 0 Å². The molecule has 448 valence electrons. The standard InChI is InChI=1S/C72H124O6/c1-4-7-10-13-16-19-22-25-28-29-30-31-32-33-34-35-36-37-38-39-40-41-42-43-45-47-50-53-56-59-62-65-71(74)77-68-69(67-76-70(73)64-61-58-55-52-49-46-27-24-21-18-15-12-9-6-3)78-72(75)66-63-60-57-54-51-48-44-26-23-20-17-14-11-8-5-2/h7,10,16-17,19-20,24-28,30-31,33-34,44,69H,4-6,8-9,11-15,18,21-23,29,32,35-43,45-68H2,1-3H3/b10-7-,19-16-,20-17-,27-24-,28-25-,31-30-,34-33-,44-26-. The van der Waals surface area contributed by atoms with Crippen molar-refractivity contribution in [2.45, 2.75) is 329 Å². The van der Waals surface area contributed by atoms with Gasteiger partial charge in [-0.1, -0.05) is 279 Å². The molecule has 0 saturated carbocycles. The lowest BCUT2D eigenvalue weighted by Gasteiger charge is -2.18. The Morgan fingerprint density at radius 2 is 0.500 bits per heavy atom. The van der Waals surface area contributed by atoms with Crippen LogP contribution in [0.15, 0.2) is 97.2 Å². The van der Waals surface area contributed by atoms with Crippen molar-refractivity contribution in [1.82, 2.24) is 0 Å². The zero-order chi connectivity index (χ0) is 56.4. The average Bonchev–Trinajstić information content (AvgIpc) is 3.44. The normalized spacial score (nSPS) is 12.7. The molecule has 0 aliphatic rings. The van der Waals surface area contributed by atoms with Gasteiger partial charge in [-0.25, -0.2) is 0 Å². The zero-order valence-electron chi connectivity index (χ0n) is 51.4. The predicted octanol–water partition coefficient (Wildman–Crippen LogP) is 22.8. The average molecular weight is 1090 g/mol. The van der Waals surface area contributed by atoms with Crippen molar-refractivity contribution in [3.8, 4) is 0 Å². The maximum absolute atomic E-state index is 12.9. The molecule has 0 aliphatic carbocycles. The molecule has 0 aromatic rings. The Labute approximate surface area is 483 Å². The fourth-order valence-corrected chi connectivity index (χ4v) is 9.32. The van der Waals surface area contributed by atoms with Crippen molar-refractivity contribution in [2.24, 2.45) is 0 Å². The number of carbonyl (C=O) groups excluding carboxylic acids is 3. The molecule has 0 aromatic carbocycles. The highest BCUT2D eigenvalue weighted by Crippen LogP contribution is 2.16. The molecule has 0 aromatic heterocycles. The first-order valence-electron chi connectivity index (χ1n) is 33.2. The number of ether oxygens (including phenoxy) is 3. The Balaban J connectivity index is 4.22. The van der Waals surface area contributed by atoms with E-state index in [4.69, 9.17) is 14.2 Å². The molecule has 0 radical (unpaired) electrons. The molecule has 1 atom stereocenters. The van der Waals surface area contributed by atoms with Crippen molar-refractivity contribution in [2.75, 3.05) is 13.2 Å². The molecule has 6 nitrogen and oxygen atoms in total. The van der Waals surface area contributed by atoms with Crippen LogP contribution in [-0.4, -0.2) is 37.2 Å². The van der Waals surface area contributed by atoms with E-state index in [-0.39, 0.29) is 31.1 Å². The maximum atomic E-state index is 12.9. The number of allylic oxidation sites excluding steroid dienone is 16. The summed E-state index contributed by atoms with van der Waals surface area (Å²) >= 11 is 0. The van der Waals surface area contributed by atoms with Crippen LogP contribution < -0.4 is 0 Å². The summed E-state index contributed by atoms with van der Waals surface area (Å²) in [5.74, 6) is -0.895. The van der Waals surface area contributed by atoms with Crippen molar-refractivity contribution >= 4 is 17.9 Å². The second kappa shape index (κ2) is 65.8. The molecule has 1 unspecified atom stereocenters. The molecule has 0 heterocycles. The van der Waals surface area contributed by atoms with Crippen molar-refractivity contribution in [1.29, 1.82) is 0 Å². The largest absolute Gasteiger partial charge is 0.462 e. The van der Waals surface area contributed by atoms with E-state index in [0.29, 0.717) is 19.3 Å². The highest BCUT2D eigenvalue weighted by molar-refractivity contribution is 5.71. The minimum Gasteiger partial charge on any atom is -0.462 e. The number of unbranched alkanes of at least 4 members (excludes halogenated alkanes) is 33. The molecule has 0 fully saturated rings. The lowest BCUT2D eigenvalue weighted by molar-refractivity contribution is -0.167. The van der Waals surface area contributed by atoms with Gasteiger partial charge in [0.05, 0.1) is 0 Å². The SMILES string of the molecule is CC/C=C\C/C=C\C/C=C\C/C=C\C/C=C\CCCCCCCCCCCCCCCCCC(=O)OCC(COC(=O)CCCCCCC/C=C\CCCCCCC)OC(=O)CCCCCCC/C=C\C/C=C\CCCCC. The quantitative estimate of drug-likeness (QED) is 0.0261. The second-order valence-corrected chi connectivity index (χ2v) is 22.0. The summed E-state index contributed by atoms with van der Waals surface area (Å²) < 4.78 is 16.9. The summed E-state index contributed by atoms with van der Waals surface area (Å²) in [6, 6.07) is 0. The number of carbonyl (C=O) groups is 3. The third-order valence-electron chi connectivity index (χ3n) is 14.3. The predicted molar refractivity (Wildman–Crippen MR) is 339 cm³/mol. The molecule has 0 spiro atoms. The van der Waals surface area contributed by atoms with Gasteiger partial charge in [0.25, 0.3) is 0 Å². The fraction of sp³-hybridized carbons (Fsp3) is 0.736. The van der Waals surface area contributed by atoms with E-state index in [1.54, 1.807) is 0 Å². The van der Waals surface area contributed by atoms with Gasteiger partial charge in [0, 0.05) is 19.3 Å². The van der Waals surface area contributed by atoms with Crippen LogP contribution in [0.1, 0.15) is 323 Å². The minimum absolute atomic E-state index is 0.0836. The van der Waals surface area contributed by atoms with E-state index in [0.717, 1.165) is 122 Å². The first-order chi connectivity index (χ1) is 38.5. The second-order valence-electron chi connectivity index (χ2n) is 22.0. The van der Waals surface area contributed by atoms with E-state index in [2.05, 4.69) is 118 Å². The van der Waals surface area contributed by atoms with Crippen LogP contribution in [0.2, 0.25) is 0 Å². The van der Waals surface area contributed by atoms with Gasteiger partial charge in [-0.2, -0.15) is 0 Å². The number of esters is 3. The number of hydrogen-bond donors (Lipinski definition) is 0. The van der Waals surface area contributed by atoms with E-state index < -0.39 is 6.10 Å². The van der Waals surface area contributed by atoms with Crippen molar-refractivity contribution in [3.63, 3.8) is 0 Å². The van der Waals surface area contributed by atoms with Gasteiger partial charge in [0.1, 0.15) is 13.2 Å². The Morgan fingerprint density at radius 1 is 0.269 bits per heavy atom. The first-order valence-corrected chi connectivity index (χ1v) is 33.2. The van der Waals surface area contributed by atoms with E-state index in [9.17, 15) is 14.4 Å². The summed E-state index contributed by atoms with van der Waals surface area (Å²) in [5, 5.41) is 0. The Hall–Kier alpha value is -3.67. The highest BCUT2D eigenvalue weighted by atomic mass is 16.6. The molecular formula is C72H124O6. The first kappa shape index (κ1) is 74.3. The molecule has 6 heteroatoms. The van der Waals surface area contributed by atoms with Gasteiger partial charge >= 0.3 is 17.9 Å². The number of rotatable bonds is 60. The monoisotopic (exact) mass is 1080 g/mol. The van der Waals surface area contributed by atoms with Gasteiger partial charge in [0.2, 0.25) is 0 Å². The zero-order valence-corrected chi connectivity index (χ0v) is 51.4. The van der Waals surface area contributed by atoms with E-state index >= 15 is 0 Å². The summed E-state index contributed by atoms with van der Waals surface area (Å²) in [4.78, 5) is 38.3. The smallest absolute Gasteiger partial charge is 0.306 e. The summed E-state index contributed by atoms with van der Waals surface area (Å²) in [6.45, 7) is 6.50. The lowest BCUT2D eigenvalue weighted by Crippen LogP contribution is -2.30. The molecule has 0 saturated heterocycles. The number of hydrogen-bond acceptors (Lipinski definition) is 6. The Kier molecular flexibility index (Phi) is 62.7. The van der Waals surface area contributed by atoms with Crippen LogP contribution in [0.25, 0.3) is 0 Å². The van der Waals surface area contributed by atoms with Gasteiger partial charge in [-0.05, 0) is 122 Å². The highest BCUT2D eigenvalue weighted by Gasteiger charge is 2.19. The van der Waals surface area contributed by atoms with Crippen molar-refractivity contribution < 1.29 is 28.6 Å². The summed E-state index contributed by atoms with van der Waals surface area (Å²) in [7, 11) is 0. The molecule has 0 aliphatic heterocycles. The van der Waals surface area contributed by atoms with Crippen LogP contribution in [0.5, 0.6) is 0 Å². The molecule has 0 rings (SSSR count). The molecule has 78 heavy (non-hydrogen) atoms. The van der Waals surface area contributed by atoms with Crippen LogP contribution in [0.3, 0.4) is 0 Å². The van der Waals surface area contributed by atoms with Gasteiger partial charge in [0.15, 0.2) is 6.10 Å². The Bertz CT molecular complexity index is 1530. The fourth-order valence-electron chi connectivity index (χ4n) is 9.32.